The van der Waals surface area contributed by atoms with Gasteiger partial charge < -0.3 is 10.1 Å². The lowest BCUT2D eigenvalue weighted by Gasteiger charge is -2.23. The predicted octanol–water partition coefficient (Wildman–Crippen LogP) is 4.61. The van der Waals surface area contributed by atoms with Gasteiger partial charge in [-0.05, 0) is 18.2 Å². The summed E-state index contributed by atoms with van der Waals surface area (Å²) >= 11 is 1.34. The Morgan fingerprint density at radius 3 is 2.45 bits per heavy atom. The molecular weight excluding hydrogens is 503 g/mol. The molecule has 4 aromatic rings. The Labute approximate surface area is 224 Å². The van der Waals surface area contributed by atoms with E-state index >= 15 is 4.39 Å². The van der Waals surface area contributed by atoms with E-state index in [1.165, 1.54) is 22.7 Å². The van der Waals surface area contributed by atoms with E-state index < -0.39 is 5.25 Å². The number of carbonyl (C=O) groups excluding carboxylic acids is 2. The predicted molar refractivity (Wildman–Crippen MR) is 147 cm³/mol. The molecule has 38 heavy (non-hydrogen) atoms. The van der Waals surface area contributed by atoms with Gasteiger partial charge in [0, 0.05) is 30.3 Å². The van der Waals surface area contributed by atoms with Crippen molar-refractivity contribution in [3.8, 4) is 16.9 Å². The van der Waals surface area contributed by atoms with Crippen molar-refractivity contribution in [3.05, 3.63) is 102 Å². The van der Waals surface area contributed by atoms with Gasteiger partial charge in [-0.1, -0.05) is 66.7 Å². The molecule has 1 aliphatic rings. The van der Waals surface area contributed by atoms with E-state index in [0.29, 0.717) is 35.8 Å². The molecule has 7 nitrogen and oxygen atoms in total. The highest BCUT2D eigenvalue weighted by Crippen LogP contribution is 2.48. The Morgan fingerprint density at radius 2 is 1.74 bits per heavy atom. The second-order valence-corrected chi connectivity index (χ2v) is 9.83. The van der Waals surface area contributed by atoms with Crippen molar-refractivity contribution < 1.29 is 18.7 Å². The highest BCUT2D eigenvalue weighted by atomic mass is 32.2. The van der Waals surface area contributed by atoms with Crippen LogP contribution in [-0.2, 0) is 14.3 Å². The van der Waals surface area contributed by atoms with Crippen LogP contribution >= 0.6 is 11.8 Å². The standard InChI is InChI=1S/C29H27FN4O3S/c1-37-17-16-31-24(35)18-33-25(36)19-38-28(22-14-8-9-15-23(22)30)26-27(20-10-4-2-5-11-20)32-34(29(26)33)21-12-6-3-7-13-21/h2-15,28H,16-19H2,1H3,(H,31,35). The number of amides is 2. The zero-order valence-corrected chi connectivity index (χ0v) is 21.7. The molecule has 9 heteroatoms. The summed E-state index contributed by atoms with van der Waals surface area (Å²) in [6, 6.07) is 25.7. The van der Waals surface area contributed by atoms with E-state index in [2.05, 4.69) is 5.32 Å². The number of aromatic nitrogens is 2. The molecular formula is C29H27FN4O3S. The van der Waals surface area contributed by atoms with E-state index in [4.69, 9.17) is 9.84 Å². The van der Waals surface area contributed by atoms with Crippen LogP contribution < -0.4 is 10.2 Å². The second-order valence-electron chi connectivity index (χ2n) is 8.73. The number of hydrogen-bond acceptors (Lipinski definition) is 5. The summed E-state index contributed by atoms with van der Waals surface area (Å²) < 4.78 is 22.0. The zero-order valence-electron chi connectivity index (χ0n) is 20.8. The molecule has 194 valence electrons. The smallest absolute Gasteiger partial charge is 0.240 e. The maximum Gasteiger partial charge on any atom is 0.240 e. The van der Waals surface area contributed by atoms with Gasteiger partial charge in [0.25, 0.3) is 0 Å². The van der Waals surface area contributed by atoms with Gasteiger partial charge in [0.15, 0.2) is 0 Å². The number of anilines is 1. The monoisotopic (exact) mass is 530 g/mol. The molecule has 1 atom stereocenters. The van der Waals surface area contributed by atoms with Gasteiger partial charge in [-0.2, -0.15) is 5.10 Å². The Hall–Kier alpha value is -3.95. The lowest BCUT2D eigenvalue weighted by Crippen LogP contribution is -2.43. The summed E-state index contributed by atoms with van der Waals surface area (Å²) in [5.41, 5.74) is 3.33. The van der Waals surface area contributed by atoms with Crippen LogP contribution in [-0.4, -0.2) is 54.2 Å². The fourth-order valence-corrected chi connectivity index (χ4v) is 5.72. The van der Waals surface area contributed by atoms with Crippen molar-refractivity contribution in [1.29, 1.82) is 0 Å². The molecule has 1 N–H and O–H groups in total. The molecule has 0 radical (unpaired) electrons. The molecule has 1 unspecified atom stereocenters. The van der Waals surface area contributed by atoms with Crippen LogP contribution in [0.3, 0.4) is 0 Å². The van der Waals surface area contributed by atoms with Crippen molar-refractivity contribution in [2.75, 3.05) is 37.5 Å². The normalized spacial score (nSPS) is 15.2. The van der Waals surface area contributed by atoms with Crippen molar-refractivity contribution in [1.82, 2.24) is 15.1 Å². The number of halogens is 1. The summed E-state index contributed by atoms with van der Waals surface area (Å²) in [5.74, 6) is -0.408. The van der Waals surface area contributed by atoms with Crippen molar-refractivity contribution in [2.45, 2.75) is 5.25 Å². The first-order valence-electron chi connectivity index (χ1n) is 12.2. The zero-order chi connectivity index (χ0) is 26.5. The summed E-state index contributed by atoms with van der Waals surface area (Å²) in [5, 5.41) is 7.26. The van der Waals surface area contributed by atoms with Gasteiger partial charge in [0.05, 0.1) is 29.0 Å². The molecule has 1 aromatic heterocycles. The number of benzene rings is 3. The minimum Gasteiger partial charge on any atom is -0.383 e. The van der Waals surface area contributed by atoms with Crippen LogP contribution in [0.15, 0.2) is 84.9 Å². The number of ether oxygens (including phenoxy) is 1. The molecule has 3 aromatic carbocycles. The summed E-state index contributed by atoms with van der Waals surface area (Å²) in [4.78, 5) is 28.0. The van der Waals surface area contributed by atoms with Crippen LogP contribution in [0.1, 0.15) is 16.4 Å². The molecule has 0 saturated heterocycles. The SMILES string of the molecule is COCCNC(=O)CN1C(=O)CSC(c2ccccc2F)c2c(-c3ccccc3)nn(-c3ccccc3)c21. The van der Waals surface area contributed by atoms with E-state index in [1.54, 1.807) is 30.0 Å². The number of nitrogens with one attached hydrogen (secondary N) is 1. The van der Waals surface area contributed by atoms with Gasteiger partial charge in [-0.3, -0.25) is 14.5 Å². The first kappa shape index (κ1) is 25.7. The topological polar surface area (TPSA) is 76.5 Å². The van der Waals surface area contributed by atoms with E-state index in [1.807, 2.05) is 60.7 Å². The Kier molecular flexibility index (Phi) is 7.86. The fraction of sp³-hybridized carbons (Fsp3) is 0.207. The number of carbonyl (C=O) groups is 2. The highest BCUT2D eigenvalue weighted by molar-refractivity contribution is 8.00. The molecule has 5 rings (SSSR count). The number of methoxy groups -OCH3 is 1. The third-order valence-electron chi connectivity index (χ3n) is 6.25. The molecule has 0 spiro atoms. The van der Waals surface area contributed by atoms with Crippen molar-refractivity contribution in [3.63, 3.8) is 0 Å². The van der Waals surface area contributed by atoms with E-state index in [-0.39, 0.29) is 29.9 Å². The summed E-state index contributed by atoms with van der Waals surface area (Å²) in [6.45, 7) is 0.479. The van der Waals surface area contributed by atoms with Crippen LogP contribution in [0.5, 0.6) is 0 Å². The van der Waals surface area contributed by atoms with Gasteiger partial charge in [0.2, 0.25) is 11.8 Å². The van der Waals surface area contributed by atoms with Gasteiger partial charge in [-0.15, -0.1) is 11.8 Å². The Bertz CT molecular complexity index is 1430. The lowest BCUT2D eigenvalue weighted by molar-refractivity contribution is -0.123. The molecule has 0 saturated carbocycles. The maximum absolute atomic E-state index is 15.2. The number of rotatable bonds is 8. The van der Waals surface area contributed by atoms with Crippen LogP contribution in [0.2, 0.25) is 0 Å². The third kappa shape index (κ3) is 5.20. The Morgan fingerprint density at radius 1 is 1.05 bits per heavy atom. The van der Waals surface area contributed by atoms with Gasteiger partial charge in [-0.25, -0.2) is 9.07 Å². The van der Waals surface area contributed by atoms with Gasteiger partial charge >= 0.3 is 0 Å². The summed E-state index contributed by atoms with van der Waals surface area (Å²) in [6.07, 6.45) is 0. The van der Waals surface area contributed by atoms with Crippen LogP contribution in [0.25, 0.3) is 16.9 Å². The van der Waals surface area contributed by atoms with Gasteiger partial charge in [0.1, 0.15) is 18.2 Å². The molecule has 1 aliphatic heterocycles. The van der Waals surface area contributed by atoms with Crippen LogP contribution in [0.4, 0.5) is 10.2 Å². The lowest BCUT2D eigenvalue weighted by atomic mass is 9.99. The number of fused-ring (bicyclic) bond motifs is 1. The van der Waals surface area contributed by atoms with Crippen molar-refractivity contribution in [2.24, 2.45) is 0 Å². The van der Waals surface area contributed by atoms with E-state index in [0.717, 1.165) is 11.3 Å². The number of para-hydroxylation sites is 1. The molecule has 0 aliphatic carbocycles. The minimum absolute atomic E-state index is 0.0715. The number of thioether (sulfide) groups is 1. The molecule has 0 fully saturated rings. The third-order valence-corrected chi connectivity index (χ3v) is 7.49. The largest absolute Gasteiger partial charge is 0.383 e. The average molecular weight is 531 g/mol. The number of nitrogens with zero attached hydrogens (tertiary/aromatic N) is 3. The molecule has 2 amide bonds. The highest BCUT2D eigenvalue weighted by Gasteiger charge is 2.38. The van der Waals surface area contributed by atoms with Crippen LogP contribution in [0, 0.1) is 5.82 Å². The maximum atomic E-state index is 15.2. The first-order valence-corrected chi connectivity index (χ1v) is 13.3. The Balaban J connectivity index is 1.75. The minimum atomic E-state index is -0.524. The second kappa shape index (κ2) is 11.6. The number of hydrogen-bond donors (Lipinski definition) is 1. The molecule has 0 bridgehead atoms. The van der Waals surface area contributed by atoms with Crippen molar-refractivity contribution >= 4 is 29.4 Å². The summed E-state index contributed by atoms with van der Waals surface area (Å²) in [7, 11) is 1.56. The quantitative estimate of drug-likeness (QED) is 0.337. The van der Waals surface area contributed by atoms with E-state index in [9.17, 15) is 9.59 Å². The molecule has 2 heterocycles. The fourth-order valence-electron chi connectivity index (χ4n) is 4.50. The first-order chi connectivity index (χ1) is 18.6. The average Bonchev–Trinajstić information content (AvgIpc) is 3.27.